The van der Waals surface area contributed by atoms with Crippen LogP contribution in [0.4, 0.5) is 5.69 Å². The number of aryl methyl sites for hydroxylation is 1. The Balaban J connectivity index is 1.51. The molecular formula is C18H16ClNO5. The third kappa shape index (κ3) is 4.22. The minimum atomic E-state index is -0.903. The molecule has 0 radical (unpaired) electrons. The van der Waals surface area contributed by atoms with Crippen molar-refractivity contribution in [2.45, 2.75) is 13.0 Å². The number of anilines is 1. The number of hydrogen-bond donors (Lipinski definition) is 1. The zero-order chi connectivity index (χ0) is 17.8. The quantitative estimate of drug-likeness (QED) is 0.847. The molecule has 2 aromatic rings. The van der Waals surface area contributed by atoms with E-state index in [0.717, 1.165) is 5.56 Å². The Kier molecular flexibility index (Phi) is 5.09. The maximum Gasteiger partial charge on any atom is 0.351 e. The lowest BCUT2D eigenvalue weighted by Gasteiger charge is -2.24. The molecule has 0 bridgehead atoms. The first-order chi connectivity index (χ1) is 12.0. The van der Waals surface area contributed by atoms with E-state index in [2.05, 4.69) is 5.32 Å². The third-order valence-corrected chi connectivity index (χ3v) is 3.81. The van der Waals surface area contributed by atoms with Crippen molar-refractivity contribution in [3.05, 3.63) is 53.1 Å². The van der Waals surface area contributed by atoms with E-state index in [0.29, 0.717) is 22.2 Å². The summed E-state index contributed by atoms with van der Waals surface area (Å²) in [5, 5.41) is 3.24. The van der Waals surface area contributed by atoms with Crippen LogP contribution in [0.15, 0.2) is 42.5 Å². The highest BCUT2D eigenvalue weighted by Gasteiger charge is 2.29. The summed E-state index contributed by atoms with van der Waals surface area (Å²) in [5.41, 5.74) is 1.42. The molecule has 1 amide bonds. The summed E-state index contributed by atoms with van der Waals surface area (Å²) in [6.07, 6.45) is -0.903. The lowest BCUT2D eigenvalue weighted by Crippen LogP contribution is -2.39. The highest BCUT2D eigenvalue weighted by molar-refractivity contribution is 6.30. The summed E-state index contributed by atoms with van der Waals surface area (Å²) >= 11 is 5.87. The second-order valence-electron chi connectivity index (χ2n) is 5.48. The van der Waals surface area contributed by atoms with Gasteiger partial charge in [0.05, 0.1) is 0 Å². The highest BCUT2D eigenvalue weighted by atomic mass is 35.5. The lowest BCUT2D eigenvalue weighted by atomic mass is 10.2. The summed E-state index contributed by atoms with van der Waals surface area (Å²) in [6, 6.07) is 12.1. The fourth-order valence-electron chi connectivity index (χ4n) is 2.32. The van der Waals surface area contributed by atoms with Crippen LogP contribution < -0.4 is 14.8 Å². The molecule has 0 saturated carbocycles. The number of para-hydroxylation sites is 2. The first-order valence-corrected chi connectivity index (χ1v) is 8.02. The summed E-state index contributed by atoms with van der Waals surface area (Å²) in [5.74, 6) is -0.0622. The van der Waals surface area contributed by atoms with Gasteiger partial charge in [-0.15, -0.1) is 0 Å². The van der Waals surface area contributed by atoms with E-state index in [1.54, 1.807) is 36.4 Å². The van der Waals surface area contributed by atoms with Crippen LogP contribution in [-0.4, -0.2) is 31.2 Å². The Morgan fingerprint density at radius 2 is 2.00 bits per heavy atom. The molecule has 1 heterocycles. The molecule has 0 spiro atoms. The van der Waals surface area contributed by atoms with Gasteiger partial charge in [0.2, 0.25) is 6.10 Å². The number of fused-ring (bicyclic) bond motifs is 1. The fraction of sp³-hybridized carbons (Fsp3) is 0.222. The number of esters is 1. The Labute approximate surface area is 149 Å². The van der Waals surface area contributed by atoms with Crippen LogP contribution in [0.25, 0.3) is 0 Å². The predicted molar refractivity (Wildman–Crippen MR) is 92.1 cm³/mol. The number of amides is 1. The van der Waals surface area contributed by atoms with Crippen molar-refractivity contribution in [3.8, 4) is 11.5 Å². The number of benzene rings is 2. The molecule has 2 aromatic carbocycles. The Morgan fingerprint density at radius 1 is 1.24 bits per heavy atom. The molecule has 1 aliphatic rings. The molecule has 25 heavy (non-hydrogen) atoms. The molecule has 0 aliphatic carbocycles. The number of carbonyl (C=O) groups is 2. The van der Waals surface area contributed by atoms with Gasteiger partial charge < -0.3 is 19.5 Å². The van der Waals surface area contributed by atoms with Crippen molar-refractivity contribution in [2.75, 3.05) is 18.5 Å². The van der Waals surface area contributed by atoms with Crippen LogP contribution >= 0.6 is 11.6 Å². The van der Waals surface area contributed by atoms with E-state index in [1.807, 2.05) is 13.0 Å². The molecule has 6 nitrogen and oxygen atoms in total. The largest absolute Gasteiger partial charge is 0.485 e. The molecule has 0 fully saturated rings. The summed E-state index contributed by atoms with van der Waals surface area (Å²) in [4.78, 5) is 24.0. The van der Waals surface area contributed by atoms with Crippen molar-refractivity contribution in [1.82, 2.24) is 0 Å². The maximum absolute atomic E-state index is 12.1. The monoisotopic (exact) mass is 361 g/mol. The van der Waals surface area contributed by atoms with Gasteiger partial charge in [-0.05, 0) is 42.8 Å². The molecular weight excluding hydrogens is 346 g/mol. The number of carbonyl (C=O) groups excluding carboxylic acids is 2. The first-order valence-electron chi connectivity index (χ1n) is 7.64. The second kappa shape index (κ2) is 7.44. The first kappa shape index (κ1) is 17.1. The van der Waals surface area contributed by atoms with Crippen LogP contribution in [0.5, 0.6) is 11.5 Å². The Hall–Kier alpha value is -2.73. The van der Waals surface area contributed by atoms with Crippen molar-refractivity contribution in [3.63, 3.8) is 0 Å². The van der Waals surface area contributed by atoms with Gasteiger partial charge in [-0.3, -0.25) is 4.79 Å². The van der Waals surface area contributed by atoms with E-state index in [1.165, 1.54) is 0 Å². The zero-order valence-electron chi connectivity index (χ0n) is 13.5. The van der Waals surface area contributed by atoms with Gasteiger partial charge in [-0.1, -0.05) is 23.7 Å². The van der Waals surface area contributed by atoms with Gasteiger partial charge in [0, 0.05) is 10.7 Å². The van der Waals surface area contributed by atoms with Crippen molar-refractivity contribution >= 4 is 29.2 Å². The average Bonchev–Trinajstić information content (AvgIpc) is 2.61. The zero-order valence-corrected chi connectivity index (χ0v) is 14.2. The molecule has 0 aromatic heterocycles. The molecule has 1 aliphatic heterocycles. The molecule has 3 rings (SSSR count). The lowest BCUT2D eigenvalue weighted by molar-refractivity contribution is -0.156. The number of hydrogen-bond acceptors (Lipinski definition) is 5. The van der Waals surface area contributed by atoms with Crippen LogP contribution in [0, 0.1) is 6.92 Å². The van der Waals surface area contributed by atoms with Gasteiger partial charge in [0.25, 0.3) is 5.91 Å². The standard InChI is InChI=1S/C18H16ClNO5/c1-11-8-12(19)6-7-13(11)20-17(21)10-24-18(22)16-9-23-14-4-2-3-5-15(14)25-16/h2-8,16H,9-10H2,1H3,(H,20,21)/t16-/m1/s1. The SMILES string of the molecule is Cc1cc(Cl)ccc1NC(=O)COC(=O)[C@H]1COc2ccccc2O1. The van der Waals surface area contributed by atoms with E-state index in [-0.39, 0.29) is 6.61 Å². The van der Waals surface area contributed by atoms with Crippen molar-refractivity contribution in [2.24, 2.45) is 0 Å². The van der Waals surface area contributed by atoms with E-state index in [9.17, 15) is 9.59 Å². The number of nitrogens with one attached hydrogen (secondary N) is 1. The van der Waals surface area contributed by atoms with Gasteiger partial charge in [0.1, 0.15) is 6.61 Å². The fourth-order valence-corrected chi connectivity index (χ4v) is 2.55. The van der Waals surface area contributed by atoms with Crippen LogP contribution in [0.1, 0.15) is 5.56 Å². The molecule has 130 valence electrons. The summed E-state index contributed by atoms with van der Waals surface area (Å²) in [7, 11) is 0. The molecule has 1 atom stereocenters. The number of halogens is 1. The summed E-state index contributed by atoms with van der Waals surface area (Å²) < 4.78 is 16.0. The summed E-state index contributed by atoms with van der Waals surface area (Å²) in [6.45, 7) is 1.44. The van der Waals surface area contributed by atoms with Gasteiger partial charge in [0.15, 0.2) is 18.1 Å². The van der Waals surface area contributed by atoms with Crippen LogP contribution in [0.2, 0.25) is 5.02 Å². The minimum absolute atomic E-state index is 0.0355. The maximum atomic E-state index is 12.1. The smallest absolute Gasteiger partial charge is 0.351 e. The molecule has 1 N–H and O–H groups in total. The van der Waals surface area contributed by atoms with Gasteiger partial charge in [-0.25, -0.2) is 4.79 Å². The second-order valence-corrected chi connectivity index (χ2v) is 5.92. The van der Waals surface area contributed by atoms with E-state index >= 15 is 0 Å². The number of ether oxygens (including phenoxy) is 3. The van der Waals surface area contributed by atoms with Crippen molar-refractivity contribution < 1.29 is 23.8 Å². The topological polar surface area (TPSA) is 73.9 Å². The highest BCUT2D eigenvalue weighted by Crippen LogP contribution is 2.31. The Bertz CT molecular complexity index is 808. The van der Waals surface area contributed by atoms with Gasteiger partial charge in [-0.2, -0.15) is 0 Å². The van der Waals surface area contributed by atoms with Crippen molar-refractivity contribution in [1.29, 1.82) is 0 Å². The number of rotatable bonds is 4. The third-order valence-electron chi connectivity index (χ3n) is 3.58. The predicted octanol–water partition coefficient (Wildman–Crippen LogP) is 2.97. The van der Waals surface area contributed by atoms with E-state index in [4.69, 9.17) is 25.8 Å². The van der Waals surface area contributed by atoms with Crippen LogP contribution in [-0.2, 0) is 14.3 Å². The molecule has 0 unspecified atom stereocenters. The average molecular weight is 362 g/mol. The van der Waals surface area contributed by atoms with E-state index < -0.39 is 24.6 Å². The van der Waals surface area contributed by atoms with Gasteiger partial charge >= 0.3 is 5.97 Å². The normalized spacial score (nSPS) is 15.4. The Morgan fingerprint density at radius 3 is 2.76 bits per heavy atom. The molecule has 7 heteroatoms. The minimum Gasteiger partial charge on any atom is -0.485 e. The van der Waals surface area contributed by atoms with Crippen LogP contribution in [0.3, 0.4) is 0 Å². The molecule has 0 saturated heterocycles.